The van der Waals surface area contributed by atoms with E-state index in [0.717, 1.165) is 24.0 Å². The first-order valence-corrected chi connectivity index (χ1v) is 8.64. The summed E-state index contributed by atoms with van der Waals surface area (Å²) in [5, 5.41) is 9.82. The molecule has 0 unspecified atom stereocenters. The number of phenolic OH excluding ortho intramolecular Hbond substituents is 1. The molecule has 0 fully saturated rings. The van der Waals surface area contributed by atoms with Crippen molar-refractivity contribution in [3.63, 3.8) is 0 Å². The van der Waals surface area contributed by atoms with Gasteiger partial charge in [0.25, 0.3) is 0 Å². The Morgan fingerprint density at radius 1 is 1.18 bits per heavy atom. The first-order chi connectivity index (χ1) is 10.5. The maximum atomic E-state index is 13.0. The van der Waals surface area contributed by atoms with Crippen molar-refractivity contribution in [2.45, 2.75) is 19.8 Å². The van der Waals surface area contributed by atoms with Crippen molar-refractivity contribution >= 4 is 43.2 Å². The minimum absolute atomic E-state index is 0.00296. The molecule has 1 aliphatic carbocycles. The second-order valence-electron chi connectivity index (χ2n) is 5.28. The SMILES string of the molecule is CCC1=C(C(=O)c2cc(Br)c(O)c(Br)c2)c2ccccc2C1. The summed E-state index contributed by atoms with van der Waals surface area (Å²) in [6.07, 6.45) is 1.70. The van der Waals surface area contributed by atoms with Crippen LogP contribution in [0.4, 0.5) is 0 Å². The number of carbonyl (C=O) groups excluding carboxylic acids is 1. The van der Waals surface area contributed by atoms with Crippen LogP contribution in [-0.4, -0.2) is 10.9 Å². The Labute approximate surface area is 146 Å². The van der Waals surface area contributed by atoms with Gasteiger partial charge in [0.15, 0.2) is 5.78 Å². The number of rotatable bonds is 3. The lowest BCUT2D eigenvalue weighted by Crippen LogP contribution is -2.03. The molecule has 0 spiro atoms. The van der Waals surface area contributed by atoms with Crippen LogP contribution >= 0.6 is 31.9 Å². The second-order valence-corrected chi connectivity index (χ2v) is 6.99. The summed E-state index contributed by atoms with van der Waals surface area (Å²) in [5.74, 6) is 0.108. The highest BCUT2D eigenvalue weighted by molar-refractivity contribution is 9.11. The lowest BCUT2D eigenvalue weighted by atomic mass is 9.95. The number of carbonyl (C=O) groups is 1. The summed E-state index contributed by atoms with van der Waals surface area (Å²) in [6.45, 7) is 2.08. The van der Waals surface area contributed by atoms with Gasteiger partial charge in [-0.15, -0.1) is 0 Å². The summed E-state index contributed by atoms with van der Waals surface area (Å²) in [6, 6.07) is 11.4. The Kier molecular flexibility index (Phi) is 4.24. The quantitative estimate of drug-likeness (QED) is 0.662. The topological polar surface area (TPSA) is 37.3 Å². The summed E-state index contributed by atoms with van der Waals surface area (Å²) >= 11 is 6.58. The van der Waals surface area contributed by atoms with Gasteiger partial charge in [0.05, 0.1) is 8.95 Å². The second kappa shape index (κ2) is 6.01. The summed E-state index contributed by atoms with van der Waals surface area (Å²) in [7, 11) is 0. The van der Waals surface area contributed by atoms with Gasteiger partial charge in [0, 0.05) is 11.1 Å². The Morgan fingerprint density at radius 3 is 2.45 bits per heavy atom. The minimum Gasteiger partial charge on any atom is -0.506 e. The number of benzene rings is 2. The van der Waals surface area contributed by atoms with Crippen molar-refractivity contribution in [1.82, 2.24) is 0 Å². The Morgan fingerprint density at radius 2 is 1.82 bits per heavy atom. The zero-order valence-corrected chi connectivity index (χ0v) is 15.2. The normalized spacial score (nSPS) is 13.4. The third-order valence-electron chi connectivity index (χ3n) is 3.98. The van der Waals surface area contributed by atoms with E-state index in [1.54, 1.807) is 12.1 Å². The van der Waals surface area contributed by atoms with Gasteiger partial charge in [-0.1, -0.05) is 36.8 Å². The molecular formula is C18H14Br2O2. The number of ketones is 1. The van der Waals surface area contributed by atoms with Gasteiger partial charge in [-0.05, 0) is 68.0 Å². The van der Waals surface area contributed by atoms with Crippen molar-refractivity contribution in [2.24, 2.45) is 0 Å². The highest BCUT2D eigenvalue weighted by atomic mass is 79.9. The van der Waals surface area contributed by atoms with Crippen LogP contribution < -0.4 is 0 Å². The van der Waals surface area contributed by atoms with Crippen molar-refractivity contribution in [1.29, 1.82) is 0 Å². The number of phenols is 1. The molecule has 0 aromatic heterocycles. The Bertz CT molecular complexity index is 783. The van der Waals surface area contributed by atoms with E-state index >= 15 is 0 Å². The fraction of sp³-hybridized carbons (Fsp3) is 0.167. The fourth-order valence-electron chi connectivity index (χ4n) is 2.85. The zero-order chi connectivity index (χ0) is 15.9. The van der Waals surface area contributed by atoms with Crippen molar-refractivity contribution in [3.05, 3.63) is 67.6 Å². The van der Waals surface area contributed by atoms with E-state index < -0.39 is 0 Å². The minimum atomic E-state index is 0.00296. The molecule has 22 heavy (non-hydrogen) atoms. The van der Waals surface area contributed by atoms with Crippen LogP contribution in [0.15, 0.2) is 50.9 Å². The molecular weight excluding hydrogens is 408 g/mol. The van der Waals surface area contributed by atoms with Crippen LogP contribution in [0.3, 0.4) is 0 Å². The number of halogens is 2. The smallest absolute Gasteiger partial charge is 0.193 e. The maximum absolute atomic E-state index is 13.0. The molecule has 0 heterocycles. The zero-order valence-electron chi connectivity index (χ0n) is 12.0. The molecule has 2 nitrogen and oxygen atoms in total. The molecule has 1 aliphatic rings. The van der Waals surface area contributed by atoms with Gasteiger partial charge in [0.2, 0.25) is 0 Å². The molecule has 4 heteroatoms. The largest absolute Gasteiger partial charge is 0.506 e. The van der Waals surface area contributed by atoms with Crippen LogP contribution in [0.5, 0.6) is 5.75 Å². The van der Waals surface area contributed by atoms with E-state index in [1.165, 1.54) is 11.1 Å². The predicted molar refractivity (Wildman–Crippen MR) is 95.2 cm³/mol. The number of hydrogen-bond acceptors (Lipinski definition) is 2. The molecule has 0 amide bonds. The van der Waals surface area contributed by atoms with Gasteiger partial charge in [-0.25, -0.2) is 0 Å². The molecule has 0 saturated carbocycles. The number of hydrogen-bond donors (Lipinski definition) is 1. The first kappa shape index (κ1) is 15.5. The molecule has 0 saturated heterocycles. The summed E-state index contributed by atoms with van der Waals surface area (Å²) in [4.78, 5) is 13.0. The van der Waals surface area contributed by atoms with Crippen LogP contribution in [0.2, 0.25) is 0 Å². The standard InChI is InChI=1S/C18H14Br2O2/c1-2-10-7-11-5-3-4-6-13(11)16(10)17(21)12-8-14(19)18(22)15(20)9-12/h3-6,8-9,22H,2,7H2,1H3. The lowest BCUT2D eigenvalue weighted by Gasteiger charge is -2.09. The van der Waals surface area contributed by atoms with E-state index in [-0.39, 0.29) is 11.5 Å². The molecule has 1 N–H and O–H groups in total. The van der Waals surface area contributed by atoms with E-state index in [4.69, 9.17) is 0 Å². The number of Topliss-reactive ketones (excluding diaryl/α,β-unsaturated/α-hetero) is 1. The Hall–Kier alpha value is -1.39. The van der Waals surface area contributed by atoms with Crippen molar-refractivity contribution < 1.29 is 9.90 Å². The molecule has 2 aromatic carbocycles. The molecule has 0 bridgehead atoms. The van der Waals surface area contributed by atoms with Crippen molar-refractivity contribution in [2.75, 3.05) is 0 Å². The van der Waals surface area contributed by atoms with E-state index in [1.807, 2.05) is 18.2 Å². The third-order valence-corrected chi connectivity index (χ3v) is 5.19. The first-order valence-electron chi connectivity index (χ1n) is 7.06. The van der Waals surface area contributed by atoms with E-state index in [9.17, 15) is 9.90 Å². The summed E-state index contributed by atoms with van der Waals surface area (Å²) < 4.78 is 1.02. The molecule has 0 aliphatic heterocycles. The van der Waals surface area contributed by atoms with Crippen molar-refractivity contribution in [3.8, 4) is 5.75 Å². The molecule has 0 atom stereocenters. The molecule has 0 radical (unpaired) electrons. The molecule has 3 rings (SSSR count). The molecule has 2 aromatic rings. The van der Waals surface area contributed by atoms with Gasteiger partial charge in [-0.3, -0.25) is 4.79 Å². The number of fused-ring (bicyclic) bond motifs is 1. The average molecular weight is 422 g/mol. The van der Waals surface area contributed by atoms with Gasteiger partial charge < -0.3 is 5.11 Å². The van der Waals surface area contributed by atoms with Gasteiger partial charge in [-0.2, -0.15) is 0 Å². The summed E-state index contributed by atoms with van der Waals surface area (Å²) in [5.41, 5.74) is 4.78. The van der Waals surface area contributed by atoms with Crippen LogP contribution in [0.1, 0.15) is 34.8 Å². The third kappa shape index (κ3) is 2.55. The van der Waals surface area contributed by atoms with Crippen LogP contribution in [-0.2, 0) is 6.42 Å². The average Bonchev–Trinajstić information content (AvgIpc) is 2.89. The Balaban J connectivity index is 2.12. The number of allylic oxidation sites excluding steroid dienone is 2. The van der Waals surface area contributed by atoms with Gasteiger partial charge in [0.1, 0.15) is 5.75 Å². The number of aromatic hydroxyl groups is 1. The maximum Gasteiger partial charge on any atom is 0.193 e. The highest BCUT2D eigenvalue weighted by Gasteiger charge is 2.26. The monoisotopic (exact) mass is 420 g/mol. The van der Waals surface area contributed by atoms with E-state index in [0.29, 0.717) is 14.5 Å². The molecule has 112 valence electrons. The van der Waals surface area contributed by atoms with Gasteiger partial charge >= 0.3 is 0 Å². The predicted octanol–water partition coefficient (Wildman–Crippen LogP) is 5.52. The highest BCUT2D eigenvalue weighted by Crippen LogP contribution is 2.39. The van der Waals surface area contributed by atoms with E-state index in [2.05, 4.69) is 44.8 Å². The van der Waals surface area contributed by atoms with Crippen LogP contribution in [0.25, 0.3) is 5.57 Å². The van der Waals surface area contributed by atoms with Crippen LogP contribution in [0, 0.1) is 0 Å². The fourth-order valence-corrected chi connectivity index (χ4v) is 4.04. The lowest BCUT2D eigenvalue weighted by molar-refractivity contribution is 0.105.